The number of amides is 3. The van der Waals surface area contributed by atoms with Gasteiger partial charge in [0.05, 0.1) is 6.54 Å². The van der Waals surface area contributed by atoms with Crippen LogP contribution in [0.1, 0.15) is 39.5 Å². The van der Waals surface area contributed by atoms with Gasteiger partial charge in [-0.1, -0.05) is 13.8 Å². The van der Waals surface area contributed by atoms with Crippen LogP contribution >= 0.6 is 0 Å². The topological polar surface area (TPSA) is 113 Å². The second-order valence-electron chi connectivity index (χ2n) is 6.56. The summed E-state index contributed by atoms with van der Waals surface area (Å²) in [6, 6.07) is -0.745. The maximum absolute atomic E-state index is 12.1. The van der Waals surface area contributed by atoms with Gasteiger partial charge < -0.3 is 25.1 Å². The highest BCUT2D eigenvalue weighted by molar-refractivity contribution is 5.90. The van der Waals surface area contributed by atoms with Crippen LogP contribution in [0.4, 0.5) is 0 Å². The standard InChI is InChI=1S/C17H27N3O5/c1-12(2)16(17(25)18-7-10-21)19-14(23)3-4-15(24)20-8-5-13(11-22)6-9-20/h10-13,16H,3-9H2,1-2H3,(H,18,25)(H,19,23). The summed E-state index contributed by atoms with van der Waals surface area (Å²) in [6.45, 7) is 4.54. The van der Waals surface area contributed by atoms with Crippen LogP contribution in [0.3, 0.4) is 0 Å². The van der Waals surface area contributed by atoms with Crippen LogP contribution in [0.2, 0.25) is 0 Å². The average Bonchev–Trinajstić information content (AvgIpc) is 2.61. The molecule has 1 aliphatic heterocycles. The molecular weight excluding hydrogens is 326 g/mol. The molecule has 1 atom stereocenters. The third-order valence-electron chi connectivity index (χ3n) is 4.28. The molecule has 0 bridgehead atoms. The van der Waals surface area contributed by atoms with E-state index in [9.17, 15) is 24.0 Å². The van der Waals surface area contributed by atoms with Crippen LogP contribution in [0.5, 0.6) is 0 Å². The van der Waals surface area contributed by atoms with E-state index in [0.717, 1.165) is 6.29 Å². The molecule has 0 aromatic heterocycles. The fraction of sp³-hybridized carbons (Fsp3) is 0.706. The zero-order chi connectivity index (χ0) is 18.8. The van der Waals surface area contributed by atoms with E-state index in [1.165, 1.54) is 0 Å². The number of hydrogen-bond donors (Lipinski definition) is 2. The summed E-state index contributed by atoms with van der Waals surface area (Å²) in [5.74, 6) is -1.04. The molecule has 0 spiro atoms. The molecule has 2 N–H and O–H groups in total. The Morgan fingerprint density at radius 1 is 1.12 bits per heavy atom. The third kappa shape index (κ3) is 7.03. The van der Waals surface area contributed by atoms with E-state index in [1.54, 1.807) is 18.7 Å². The van der Waals surface area contributed by atoms with Crippen LogP contribution in [0.25, 0.3) is 0 Å². The van der Waals surface area contributed by atoms with Gasteiger partial charge >= 0.3 is 0 Å². The summed E-state index contributed by atoms with van der Waals surface area (Å²) in [4.78, 5) is 58.8. The van der Waals surface area contributed by atoms with E-state index in [-0.39, 0.29) is 43.0 Å². The van der Waals surface area contributed by atoms with Gasteiger partial charge in [-0.05, 0) is 18.8 Å². The Labute approximate surface area is 147 Å². The van der Waals surface area contributed by atoms with Crippen LogP contribution in [0.15, 0.2) is 0 Å². The molecular formula is C17H27N3O5. The molecule has 0 aliphatic carbocycles. The molecule has 1 heterocycles. The van der Waals surface area contributed by atoms with Crippen molar-refractivity contribution in [3.05, 3.63) is 0 Å². The number of aldehydes is 2. The Bertz CT molecular complexity index is 499. The van der Waals surface area contributed by atoms with Crippen molar-refractivity contribution in [2.24, 2.45) is 11.8 Å². The number of piperidine rings is 1. The Hall–Kier alpha value is -2.25. The second kappa shape index (κ2) is 10.6. The number of carbonyl (C=O) groups excluding carboxylic acids is 5. The molecule has 25 heavy (non-hydrogen) atoms. The molecule has 1 rings (SSSR count). The van der Waals surface area contributed by atoms with Gasteiger partial charge in [0.25, 0.3) is 0 Å². The second-order valence-corrected chi connectivity index (χ2v) is 6.56. The molecule has 1 aliphatic rings. The number of hydrogen-bond acceptors (Lipinski definition) is 5. The van der Waals surface area contributed by atoms with Crippen molar-refractivity contribution in [2.75, 3.05) is 19.6 Å². The SMILES string of the molecule is CC(C)C(NC(=O)CCC(=O)N1CCC(C=O)CC1)C(=O)NCC=O. The summed E-state index contributed by atoms with van der Waals surface area (Å²) in [5.41, 5.74) is 0. The van der Waals surface area contributed by atoms with Gasteiger partial charge in [0, 0.05) is 31.8 Å². The molecule has 1 unspecified atom stereocenters. The highest BCUT2D eigenvalue weighted by Crippen LogP contribution is 2.16. The Kier molecular flexibility index (Phi) is 8.80. The zero-order valence-electron chi connectivity index (χ0n) is 14.8. The maximum atomic E-state index is 12.1. The fourth-order valence-electron chi connectivity index (χ4n) is 2.70. The summed E-state index contributed by atoms with van der Waals surface area (Å²) < 4.78 is 0. The van der Waals surface area contributed by atoms with Crippen molar-refractivity contribution in [1.82, 2.24) is 15.5 Å². The fourth-order valence-corrected chi connectivity index (χ4v) is 2.70. The molecule has 0 saturated carbocycles. The lowest BCUT2D eigenvalue weighted by Crippen LogP contribution is -2.50. The third-order valence-corrected chi connectivity index (χ3v) is 4.28. The normalized spacial score (nSPS) is 16.2. The van der Waals surface area contributed by atoms with E-state index in [2.05, 4.69) is 10.6 Å². The number of nitrogens with zero attached hydrogens (tertiary/aromatic N) is 1. The molecule has 0 aromatic rings. The van der Waals surface area contributed by atoms with Crippen LogP contribution in [0, 0.1) is 11.8 Å². The van der Waals surface area contributed by atoms with Crippen LogP contribution in [-0.4, -0.2) is 60.9 Å². The van der Waals surface area contributed by atoms with E-state index in [4.69, 9.17) is 0 Å². The molecule has 8 nitrogen and oxygen atoms in total. The zero-order valence-corrected chi connectivity index (χ0v) is 14.8. The van der Waals surface area contributed by atoms with Crippen molar-refractivity contribution in [2.45, 2.75) is 45.6 Å². The summed E-state index contributed by atoms with van der Waals surface area (Å²) >= 11 is 0. The van der Waals surface area contributed by atoms with Gasteiger partial charge in [0.15, 0.2) is 0 Å². The van der Waals surface area contributed by atoms with Crippen molar-refractivity contribution >= 4 is 30.3 Å². The molecule has 3 amide bonds. The Morgan fingerprint density at radius 3 is 2.28 bits per heavy atom. The lowest BCUT2D eigenvalue weighted by atomic mass is 9.98. The predicted molar refractivity (Wildman–Crippen MR) is 90.4 cm³/mol. The van der Waals surface area contributed by atoms with Gasteiger partial charge in [0.2, 0.25) is 17.7 Å². The molecule has 0 aromatic carbocycles. The summed E-state index contributed by atoms with van der Waals surface area (Å²) in [6.07, 6.45) is 2.89. The van der Waals surface area contributed by atoms with E-state index >= 15 is 0 Å². The van der Waals surface area contributed by atoms with Gasteiger partial charge in [-0.2, -0.15) is 0 Å². The lowest BCUT2D eigenvalue weighted by Gasteiger charge is -2.29. The minimum Gasteiger partial charge on any atom is -0.348 e. The smallest absolute Gasteiger partial charge is 0.243 e. The number of nitrogens with one attached hydrogen (secondary N) is 2. The van der Waals surface area contributed by atoms with Crippen molar-refractivity contribution in [1.29, 1.82) is 0 Å². The number of carbonyl (C=O) groups is 5. The minimum absolute atomic E-state index is 0.00335. The first-order valence-corrected chi connectivity index (χ1v) is 8.62. The van der Waals surface area contributed by atoms with Gasteiger partial charge in [-0.15, -0.1) is 0 Å². The largest absolute Gasteiger partial charge is 0.348 e. The Balaban J connectivity index is 2.41. The monoisotopic (exact) mass is 353 g/mol. The highest BCUT2D eigenvalue weighted by Gasteiger charge is 2.25. The van der Waals surface area contributed by atoms with E-state index in [0.29, 0.717) is 32.2 Å². The minimum atomic E-state index is -0.745. The van der Waals surface area contributed by atoms with Gasteiger partial charge in [0.1, 0.15) is 18.6 Å². The Morgan fingerprint density at radius 2 is 1.76 bits per heavy atom. The first-order chi connectivity index (χ1) is 11.9. The van der Waals surface area contributed by atoms with E-state index in [1.807, 2.05) is 0 Å². The van der Waals surface area contributed by atoms with Gasteiger partial charge in [-0.3, -0.25) is 14.4 Å². The quantitative estimate of drug-likeness (QED) is 0.551. The molecule has 1 fully saturated rings. The van der Waals surface area contributed by atoms with Crippen molar-refractivity contribution in [3.63, 3.8) is 0 Å². The maximum Gasteiger partial charge on any atom is 0.243 e. The molecule has 8 heteroatoms. The molecule has 0 radical (unpaired) electrons. The summed E-state index contributed by atoms with van der Waals surface area (Å²) in [5, 5.41) is 5.04. The van der Waals surface area contributed by atoms with Crippen molar-refractivity contribution in [3.8, 4) is 0 Å². The first-order valence-electron chi connectivity index (χ1n) is 8.62. The first kappa shape index (κ1) is 20.8. The van der Waals surface area contributed by atoms with Gasteiger partial charge in [-0.25, -0.2) is 0 Å². The van der Waals surface area contributed by atoms with Crippen LogP contribution < -0.4 is 10.6 Å². The number of rotatable bonds is 9. The average molecular weight is 353 g/mol. The summed E-state index contributed by atoms with van der Waals surface area (Å²) in [7, 11) is 0. The predicted octanol–water partition coefficient (Wildman–Crippen LogP) is -0.340. The van der Waals surface area contributed by atoms with Crippen molar-refractivity contribution < 1.29 is 24.0 Å². The molecule has 140 valence electrons. The molecule has 1 saturated heterocycles. The number of likely N-dealkylation sites (tertiary alicyclic amines) is 1. The lowest BCUT2D eigenvalue weighted by molar-refractivity contribution is -0.136. The highest BCUT2D eigenvalue weighted by atomic mass is 16.2. The van der Waals surface area contributed by atoms with Crippen LogP contribution in [-0.2, 0) is 24.0 Å². The van der Waals surface area contributed by atoms with E-state index < -0.39 is 11.9 Å².